The second-order valence-corrected chi connectivity index (χ2v) is 5.19. The molecule has 0 atom stereocenters. The van der Waals surface area contributed by atoms with Crippen molar-refractivity contribution < 1.29 is 9.47 Å². The first-order valence-corrected chi connectivity index (χ1v) is 7.13. The Labute approximate surface area is 125 Å². The van der Waals surface area contributed by atoms with Gasteiger partial charge in [0.05, 0.1) is 0 Å². The van der Waals surface area contributed by atoms with Gasteiger partial charge in [-0.2, -0.15) is 0 Å². The minimum atomic E-state index is 0.320. The molecule has 3 rings (SSSR count). The lowest BCUT2D eigenvalue weighted by atomic mass is 10.1. The Bertz CT molecular complexity index is 635. The number of rotatable bonds is 5. The van der Waals surface area contributed by atoms with E-state index in [9.17, 15) is 0 Å². The van der Waals surface area contributed by atoms with Crippen molar-refractivity contribution in [2.75, 3.05) is 13.3 Å². The summed E-state index contributed by atoms with van der Waals surface area (Å²) in [6.07, 6.45) is 2.17. The second-order valence-electron chi connectivity index (χ2n) is 5.19. The Hall–Kier alpha value is -2.26. The molecule has 1 N–H and O–H groups in total. The highest BCUT2D eigenvalue weighted by Gasteiger charge is 2.12. The van der Waals surface area contributed by atoms with Crippen LogP contribution in [0.3, 0.4) is 0 Å². The molecule has 1 aliphatic heterocycles. The molecule has 0 bridgehead atoms. The van der Waals surface area contributed by atoms with Crippen LogP contribution in [0.4, 0.5) is 0 Å². The zero-order chi connectivity index (χ0) is 14.5. The molecule has 0 saturated carbocycles. The summed E-state index contributed by atoms with van der Waals surface area (Å²) in [4.78, 5) is 0. The van der Waals surface area contributed by atoms with Gasteiger partial charge < -0.3 is 14.8 Å². The summed E-state index contributed by atoms with van der Waals surface area (Å²) in [6, 6.07) is 16.4. The Kier molecular flexibility index (Phi) is 4.22. The van der Waals surface area contributed by atoms with Gasteiger partial charge in [-0.25, -0.2) is 0 Å². The molecule has 0 radical (unpaired) electrons. The molecule has 0 aromatic heterocycles. The van der Waals surface area contributed by atoms with E-state index in [2.05, 4.69) is 42.6 Å². The molecule has 1 heterocycles. The van der Waals surface area contributed by atoms with Crippen molar-refractivity contribution in [1.29, 1.82) is 0 Å². The molecule has 0 unspecified atom stereocenters. The lowest BCUT2D eigenvalue weighted by Gasteiger charge is -2.06. The predicted octanol–water partition coefficient (Wildman–Crippen LogP) is 3.61. The zero-order valence-electron chi connectivity index (χ0n) is 12.1. The molecule has 2 aromatic rings. The van der Waals surface area contributed by atoms with Crippen LogP contribution in [-0.2, 0) is 6.54 Å². The van der Waals surface area contributed by atoms with Crippen LogP contribution in [-0.4, -0.2) is 13.3 Å². The minimum absolute atomic E-state index is 0.320. The van der Waals surface area contributed by atoms with Crippen molar-refractivity contribution in [1.82, 2.24) is 5.32 Å². The summed E-state index contributed by atoms with van der Waals surface area (Å²) in [7, 11) is 0. The van der Waals surface area contributed by atoms with E-state index in [-0.39, 0.29) is 0 Å². The number of ether oxygens (including phenoxy) is 2. The van der Waals surface area contributed by atoms with Gasteiger partial charge in [-0.05, 0) is 30.2 Å². The van der Waals surface area contributed by atoms with Crippen LogP contribution in [0.1, 0.15) is 18.1 Å². The van der Waals surface area contributed by atoms with E-state index in [0.29, 0.717) is 6.79 Å². The lowest BCUT2D eigenvalue weighted by Crippen LogP contribution is -2.15. The summed E-state index contributed by atoms with van der Waals surface area (Å²) >= 11 is 0. The van der Waals surface area contributed by atoms with E-state index < -0.39 is 0 Å². The molecule has 3 nitrogen and oxygen atoms in total. The summed E-state index contributed by atoms with van der Waals surface area (Å²) in [5.41, 5.74) is 3.72. The van der Waals surface area contributed by atoms with Crippen molar-refractivity contribution >= 4 is 6.08 Å². The monoisotopic (exact) mass is 281 g/mol. The van der Waals surface area contributed by atoms with Crippen LogP contribution in [0.2, 0.25) is 0 Å². The largest absolute Gasteiger partial charge is 0.454 e. The van der Waals surface area contributed by atoms with E-state index in [1.165, 1.54) is 11.1 Å². The number of nitrogens with one attached hydrogen (secondary N) is 1. The highest BCUT2D eigenvalue weighted by atomic mass is 16.7. The van der Waals surface area contributed by atoms with Gasteiger partial charge in [0.15, 0.2) is 11.5 Å². The smallest absolute Gasteiger partial charge is 0.231 e. The second kappa shape index (κ2) is 6.46. The molecule has 0 spiro atoms. The zero-order valence-corrected chi connectivity index (χ0v) is 12.1. The summed E-state index contributed by atoms with van der Waals surface area (Å²) in [5.74, 6) is 1.65. The van der Waals surface area contributed by atoms with Crippen molar-refractivity contribution in [3.63, 3.8) is 0 Å². The molecule has 0 aliphatic carbocycles. The molecule has 0 fully saturated rings. The predicted molar refractivity (Wildman–Crippen MR) is 84.4 cm³/mol. The quantitative estimate of drug-likeness (QED) is 0.908. The molecule has 0 saturated heterocycles. The minimum Gasteiger partial charge on any atom is -0.454 e. The van der Waals surface area contributed by atoms with E-state index in [4.69, 9.17) is 9.47 Å². The van der Waals surface area contributed by atoms with Crippen LogP contribution < -0.4 is 14.8 Å². The van der Waals surface area contributed by atoms with Crippen LogP contribution in [0.5, 0.6) is 11.5 Å². The normalized spacial score (nSPS) is 13.5. The molecular weight excluding hydrogens is 262 g/mol. The van der Waals surface area contributed by atoms with Gasteiger partial charge in [0.2, 0.25) is 6.79 Å². The van der Waals surface area contributed by atoms with Gasteiger partial charge in [0.25, 0.3) is 0 Å². The fourth-order valence-corrected chi connectivity index (χ4v) is 2.34. The van der Waals surface area contributed by atoms with Crippen molar-refractivity contribution in [2.45, 2.75) is 13.5 Å². The maximum absolute atomic E-state index is 5.39. The number of hydrogen-bond donors (Lipinski definition) is 1. The van der Waals surface area contributed by atoms with Crippen LogP contribution in [0.15, 0.2) is 54.1 Å². The average Bonchev–Trinajstić information content (AvgIpc) is 2.96. The number of fused-ring (bicyclic) bond motifs is 1. The highest BCUT2D eigenvalue weighted by molar-refractivity contribution is 5.58. The first-order valence-electron chi connectivity index (χ1n) is 7.13. The highest BCUT2D eigenvalue weighted by Crippen LogP contribution is 2.32. The first-order chi connectivity index (χ1) is 10.3. The van der Waals surface area contributed by atoms with E-state index in [1.54, 1.807) is 0 Å². The number of hydrogen-bond acceptors (Lipinski definition) is 3. The third-order valence-electron chi connectivity index (χ3n) is 3.39. The first kappa shape index (κ1) is 13.7. The third kappa shape index (κ3) is 3.64. The van der Waals surface area contributed by atoms with Crippen molar-refractivity contribution in [2.24, 2.45) is 0 Å². The molecule has 108 valence electrons. The number of benzene rings is 2. The van der Waals surface area contributed by atoms with Gasteiger partial charge in [-0.1, -0.05) is 48.0 Å². The summed E-state index contributed by atoms with van der Waals surface area (Å²) in [6.45, 7) is 4.19. The van der Waals surface area contributed by atoms with Gasteiger partial charge in [0, 0.05) is 13.1 Å². The Balaban J connectivity index is 1.56. The SMILES string of the molecule is C/C(=C\c1ccc2c(c1)OCO2)CNCc1ccccc1. The maximum atomic E-state index is 5.39. The average molecular weight is 281 g/mol. The van der Waals surface area contributed by atoms with Gasteiger partial charge in [0.1, 0.15) is 0 Å². The molecule has 0 amide bonds. The van der Waals surface area contributed by atoms with Crippen LogP contribution in [0.25, 0.3) is 6.08 Å². The fourth-order valence-electron chi connectivity index (χ4n) is 2.34. The van der Waals surface area contributed by atoms with Crippen molar-refractivity contribution in [3.05, 3.63) is 65.2 Å². The van der Waals surface area contributed by atoms with E-state index >= 15 is 0 Å². The maximum Gasteiger partial charge on any atom is 0.231 e. The lowest BCUT2D eigenvalue weighted by molar-refractivity contribution is 0.174. The van der Waals surface area contributed by atoms with E-state index in [1.807, 2.05) is 24.3 Å². The van der Waals surface area contributed by atoms with Crippen LogP contribution >= 0.6 is 0 Å². The molecule has 2 aromatic carbocycles. The molecule has 21 heavy (non-hydrogen) atoms. The van der Waals surface area contributed by atoms with Gasteiger partial charge in [-0.15, -0.1) is 0 Å². The van der Waals surface area contributed by atoms with Gasteiger partial charge >= 0.3 is 0 Å². The molecule has 1 aliphatic rings. The van der Waals surface area contributed by atoms with E-state index in [0.717, 1.165) is 30.2 Å². The van der Waals surface area contributed by atoms with Crippen molar-refractivity contribution in [3.8, 4) is 11.5 Å². The summed E-state index contributed by atoms with van der Waals surface area (Å²) < 4.78 is 10.7. The Morgan fingerprint density at radius 2 is 1.90 bits per heavy atom. The topological polar surface area (TPSA) is 30.5 Å². The third-order valence-corrected chi connectivity index (χ3v) is 3.39. The standard InChI is InChI=1S/C18H19NO2/c1-14(11-19-12-15-5-3-2-4-6-15)9-16-7-8-17-18(10-16)21-13-20-17/h2-10,19H,11-13H2,1H3/b14-9+. The Morgan fingerprint density at radius 1 is 1.10 bits per heavy atom. The fraction of sp³-hybridized carbons (Fsp3) is 0.222. The van der Waals surface area contributed by atoms with Gasteiger partial charge in [-0.3, -0.25) is 0 Å². The van der Waals surface area contributed by atoms with Crippen LogP contribution in [0, 0.1) is 0 Å². The molecule has 3 heteroatoms. The summed E-state index contributed by atoms with van der Waals surface area (Å²) in [5, 5.41) is 3.45. The molecular formula is C18H19NO2. The Morgan fingerprint density at radius 3 is 2.76 bits per heavy atom.